The monoisotopic (exact) mass is 246 g/mol. The van der Waals surface area contributed by atoms with E-state index in [-0.39, 0.29) is 11.9 Å². The first-order valence-corrected chi connectivity index (χ1v) is 6.63. The number of carbonyl (C=O) groups is 1. The van der Waals surface area contributed by atoms with Crippen LogP contribution in [0.3, 0.4) is 0 Å². The van der Waals surface area contributed by atoms with E-state index in [1.165, 1.54) is 5.56 Å². The van der Waals surface area contributed by atoms with Crippen LogP contribution in [0.25, 0.3) is 0 Å². The van der Waals surface area contributed by atoms with Crippen molar-refractivity contribution in [2.24, 2.45) is 5.92 Å². The van der Waals surface area contributed by atoms with Gasteiger partial charge in [-0.05, 0) is 32.4 Å². The van der Waals surface area contributed by atoms with E-state index >= 15 is 0 Å². The van der Waals surface area contributed by atoms with E-state index in [4.69, 9.17) is 0 Å². The number of benzene rings is 1. The van der Waals surface area contributed by atoms with Crippen molar-refractivity contribution in [3.8, 4) is 0 Å². The summed E-state index contributed by atoms with van der Waals surface area (Å²) in [6, 6.07) is 6.09. The van der Waals surface area contributed by atoms with Crippen molar-refractivity contribution >= 4 is 11.6 Å². The fourth-order valence-electron chi connectivity index (χ4n) is 2.46. The molecule has 0 radical (unpaired) electrons. The molecule has 3 heteroatoms. The molecule has 0 aromatic heterocycles. The SMILES string of the molecule is CNC1C(=O)N(CCC(C)C)c2ccc(C)cc21. The summed E-state index contributed by atoms with van der Waals surface area (Å²) in [5, 5.41) is 3.12. The molecule has 3 nitrogen and oxygen atoms in total. The second-order valence-corrected chi connectivity index (χ2v) is 5.46. The van der Waals surface area contributed by atoms with Crippen molar-refractivity contribution in [1.82, 2.24) is 5.32 Å². The van der Waals surface area contributed by atoms with Gasteiger partial charge in [-0.15, -0.1) is 0 Å². The van der Waals surface area contributed by atoms with Crippen molar-refractivity contribution in [2.75, 3.05) is 18.5 Å². The second kappa shape index (κ2) is 5.11. The molecule has 0 aliphatic carbocycles. The summed E-state index contributed by atoms with van der Waals surface area (Å²) < 4.78 is 0. The van der Waals surface area contributed by atoms with Gasteiger partial charge < -0.3 is 10.2 Å². The van der Waals surface area contributed by atoms with Crippen LogP contribution in [0.2, 0.25) is 0 Å². The Morgan fingerprint density at radius 1 is 1.39 bits per heavy atom. The predicted octanol–water partition coefficient (Wildman–Crippen LogP) is 2.65. The van der Waals surface area contributed by atoms with Crippen LogP contribution in [0.15, 0.2) is 18.2 Å². The van der Waals surface area contributed by atoms with Crippen molar-refractivity contribution < 1.29 is 4.79 Å². The zero-order valence-corrected chi connectivity index (χ0v) is 11.7. The van der Waals surface area contributed by atoms with Gasteiger partial charge in [0.15, 0.2) is 0 Å². The normalized spacial score (nSPS) is 18.6. The maximum absolute atomic E-state index is 12.4. The van der Waals surface area contributed by atoms with Gasteiger partial charge in [-0.25, -0.2) is 0 Å². The van der Waals surface area contributed by atoms with Crippen molar-refractivity contribution in [2.45, 2.75) is 33.2 Å². The molecule has 1 amide bonds. The highest BCUT2D eigenvalue weighted by molar-refractivity contribution is 6.04. The lowest BCUT2D eigenvalue weighted by atomic mass is 10.1. The highest BCUT2D eigenvalue weighted by Crippen LogP contribution is 2.36. The molecule has 0 bridgehead atoms. The molecule has 1 heterocycles. The summed E-state index contributed by atoms with van der Waals surface area (Å²) in [7, 11) is 1.85. The number of aryl methyl sites for hydroxylation is 1. The predicted molar refractivity (Wildman–Crippen MR) is 74.8 cm³/mol. The Labute approximate surface area is 109 Å². The molecule has 1 aromatic rings. The summed E-state index contributed by atoms with van der Waals surface area (Å²) in [5.41, 5.74) is 3.39. The second-order valence-electron chi connectivity index (χ2n) is 5.46. The number of carbonyl (C=O) groups excluding carboxylic acids is 1. The first kappa shape index (κ1) is 13.1. The molecule has 1 aliphatic rings. The highest BCUT2D eigenvalue weighted by atomic mass is 16.2. The van der Waals surface area contributed by atoms with E-state index in [9.17, 15) is 4.79 Å². The van der Waals surface area contributed by atoms with E-state index < -0.39 is 0 Å². The van der Waals surface area contributed by atoms with E-state index in [0.29, 0.717) is 5.92 Å². The van der Waals surface area contributed by atoms with Crippen LogP contribution in [0.1, 0.15) is 37.4 Å². The number of nitrogens with zero attached hydrogens (tertiary/aromatic N) is 1. The van der Waals surface area contributed by atoms with Crippen LogP contribution in [0, 0.1) is 12.8 Å². The van der Waals surface area contributed by atoms with Gasteiger partial charge in [-0.3, -0.25) is 4.79 Å². The van der Waals surface area contributed by atoms with Crippen LogP contribution in [-0.4, -0.2) is 19.5 Å². The maximum atomic E-state index is 12.4. The largest absolute Gasteiger partial charge is 0.310 e. The van der Waals surface area contributed by atoms with Gasteiger partial charge in [-0.1, -0.05) is 31.5 Å². The standard InChI is InChI=1S/C15H22N2O/c1-10(2)7-8-17-13-6-5-11(3)9-12(13)14(16-4)15(17)18/h5-6,9-10,14,16H,7-8H2,1-4H3. The molecule has 1 aliphatic heterocycles. The van der Waals surface area contributed by atoms with Crippen LogP contribution < -0.4 is 10.2 Å². The van der Waals surface area contributed by atoms with E-state index in [2.05, 4.69) is 44.3 Å². The van der Waals surface area contributed by atoms with E-state index in [1.54, 1.807) is 0 Å². The Hall–Kier alpha value is -1.35. The van der Waals surface area contributed by atoms with Crippen molar-refractivity contribution in [1.29, 1.82) is 0 Å². The Bertz CT molecular complexity index is 454. The van der Waals surface area contributed by atoms with Gasteiger partial charge >= 0.3 is 0 Å². The van der Waals surface area contributed by atoms with Gasteiger partial charge in [0.25, 0.3) is 0 Å². The molecular formula is C15H22N2O. The van der Waals surface area contributed by atoms with Crippen LogP contribution in [-0.2, 0) is 4.79 Å². The molecular weight excluding hydrogens is 224 g/mol. The highest BCUT2D eigenvalue weighted by Gasteiger charge is 2.35. The summed E-state index contributed by atoms with van der Waals surface area (Å²) >= 11 is 0. The van der Waals surface area contributed by atoms with Crippen LogP contribution in [0.4, 0.5) is 5.69 Å². The molecule has 2 rings (SSSR count). The average molecular weight is 246 g/mol. The van der Waals surface area contributed by atoms with Gasteiger partial charge in [0.05, 0.1) is 0 Å². The average Bonchev–Trinajstić information content (AvgIpc) is 2.57. The number of amides is 1. The summed E-state index contributed by atoms with van der Waals surface area (Å²) in [6.45, 7) is 7.25. The number of hydrogen-bond donors (Lipinski definition) is 1. The van der Waals surface area contributed by atoms with Crippen LogP contribution >= 0.6 is 0 Å². The topological polar surface area (TPSA) is 32.3 Å². The lowest BCUT2D eigenvalue weighted by Crippen LogP contribution is -2.34. The van der Waals surface area contributed by atoms with Gasteiger partial charge in [0, 0.05) is 17.8 Å². The molecule has 0 fully saturated rings. The molecule has 1 aromatic carbocycles. The number of nitrogens with one attached hydrogen (secondary N) is 1. The number of hydrogen-bond acceptors (Lipinski definition) is 2. The molecule has 1 unspecified atom stereocenters. The molecule has 0 saturated heterocycles. The minimum Gasteiger partial charge on any atom is -0.310 e. The van der Waals surface area contributed by atoms with Crippen LogP contribution in [0.5, 0.6) is 0 Å². The van der Waals surface area contributed by atoms with E-state index in [1.807, 2.05) is 11.9 Å². The molecule has 1 N–H and O–H groups in total. The van der Waals surface area contributed by atoms with Gasteiger partial charge in [0.1, 0.15) is 6.04 Å². The third kappa shape index (κ3) is 2.27. The number of anilines is 1. The fourth-order valence-corrected chi connectivity index (χ4v) is 2.46. The smallest absolute Gasteiger partial charge is 0.248 e. The number of rotatable bonds is 4. The molecule has 0 spiro atoms. The molecule has 98 valence electrons. The maximum Gasteiger partial charge on any atom is 0.248 e. The summed E-state index contributed by atoms with van der Waals surface area (Å²) in [5.74, 6) is 0.791. The van der Waals surface area contributed by atoms with Crippen molar-refractivity contribution in [3.05, 3.63) is 29.3 Å². The zero-order valence-electron chi connectivity index (χ0n) is 11.7. The molecule has 0 saturated carbocycles. The van der Waals surface area contributed by atoms with Crippen molar-refractivity contribution in [3.63, 3.8) is 0 Å². The first-order chi connectivity index (χ1) is 8.54. The minimum absolute atomic E-state index is 0.174. The van der Waals surface area contributed by atoms with E-state index in [0.717, 1.165) is 24.2 Å². The molecule has 18 heavy (non-hydrogen) atoms. The van der Waals surface area contributed by atoms with Gasteiger partial charge in [0.2, 0.25) is 5.91 Å². The first-order valence-electron chi connectivity index (χ1n) is 6.63. The minimum atomic E-state index is -0.174. The Kier molecular flexibility index (Phi) is 3.71. The Morgan fingerprint density at radius 2 is 2.11 bits per heavy atom. The summed E-state index contributed by atoms with van der Waals surface area (Å²) in [4.78, 5) is 14.3. The van der Waals surface area contributed by atoms with Gasteiger partial charge in [-0.2, -0.15) is 0 Å². The summed E-state index contributed by atoms with van der Waals surface area (Å²) in [6.07, 6.45) is 1.04. The lowest BCUT2D eigenvalue weighted by Gasteiger charge is -2.19. The quantitative estimate of drug-likeness (QED) is 0.885. The fraction of sp³-hybridized carbons (Fsp3) is 0.533. The molecule has 1 atom stereocenters. The third-order valence-corrected chi connectivity index (χ3v) is 3.52. The number of likely N-dealkylation sites (N-methyl/N-ethyl adjacent to an activating group) is 1. The zero-order chi connectivity index (χ0) is 13.3. The third-order valence-electron chi connectivity index (χ3n) is 3.52. The Balaban J connectivity index is 2.31. The Morgan fingerprint density at radius 3 is 2.72 bits per heavy atom. The lowest BCUT2D eigenvalue weighted by molar-refractivity contribution is -0.119. The number of fused-ring (bicyclic) bond motifs is 1.